The maximum absolute atomic E-state index is 8.84. The van der Waals surface area contributed by atoms with Crippen LogP contribution in [0.15, 0.2) is 40.9 Å². The molecule has 136 valence electrons. The van der Waals surface area contributed by atoms with Gasteiger partial charge in [0.15, 0.2) is 11.5 Å². The predicted molar refractivity (Wildman–Crippen MR) is 104 cm³/mol. The van der Waals surface area contributed by atoms with Crippen LogP contribution in [-0.2, 0) is 13.2 Å². The Balaban J connectivity index is 2.10. The smallest absolute Gasteiger partial charge is 0.175 e. The first kappa shape index (κ1) is 19.8. The van der Waals surface area contributed by atoms with E-state index in [0.717, 1.165) is 46.6 Å². The predicted octanol–water partition coefficient (Wildman–Crippen LogP) is 4.21. The fourth-order valence-corrected chi connectivity index (χ4v) is 3.12. The Hall–Kier alpha value is -1.56. The number of nitrogens with one attached hydrogen (secondary N) is 1. The molecule has 2 rings (SSSR count). The molecule has 0 unspecified atom stereocenters. The maximum atomic E-state index is 8.84. The number of ether oxygens (including phenoxy) is 2. The zero-order valence-corrected chi connectivity index (χ0v) is 16.4. The first-order valence-electron chi connectivity index (χ1n) is 8.59. The van der Waals surface area contributed by atoms with E-state index >= 15 is 0 Å². The van der Waals surface area contributed by atoms with Crippen LogP contribution in [0.25, 0.3) is 0 Å². The van der Waals surface area contributed by atoms with Gasteiger partial charge in [0.05, 0.1) is 11.1 Å². The molecule has 0 aliphatic heterocycles. The first-order chi connectivity index (χ1) is 12.1. The molecule has 0 fully saturated rings. The monoisotopic (exact) mass is 407 g/mol. The highest BCUT2D eigenvalue weighted by molar-refractivity contribution is 9.10. The first-order valence-corrected chi connectivity index (χ1v) is 9.38. The number of hydrogen-bond acceptors (Lipinski definition) is 4. The van der Waals surface area contributed by atoms with Gasteiger partial charge in [-0.05, 0) is 66.0 Å². The van der Waals surface area contributed by atoms with E-state index in [1.807, 2.05) is 25.1 Å². The highest BCUT2D eigenvalue weighted by Crippen LogP contribution is 2.37. The van der Waals surface area contributed by atoms with Crippen molar-refractivity contribution in [2.45, 2.75) is 33.4 Å². The normalized spacial score (nSPS) is 10.7. The standard InChI is InChI=1S/C20H26BrNO3/c1-3-24-19-12-17(13-22-8-5-9-23)11-18(21)20(19)25-14-16-7-4-6-15(2)10-16/h4,6-7,10-12,22-23H,3,5,8-9,13-14H2,1-2H3. The Morgan fingerprint density at radius 1 is 1.12 bits per heavy atom. The number of aliphatic hydroxyl groups is 1. The SMILES string of the molecule is CCOc1cc(CNCCCO)cc(Br)c1OCc1cccc(C)c1. The number of aliphatic hydroxyl groups excluding tert-OH is 1. The second kappa shape index (κ2) is 10.4. The molecule has 0 bridgehead atoms. The second-order valence-electron chi connectivity index (χ2n) is 5.87. The molecule has 0 saturated carbocycles. The van der Waals surface area contributed by atoms with Crippen molar-refractivity contribution in [3.8, 4) is 11.5 Å². The van der Waals surface area contributed by atoms with Crippen LogP contribution in [0.2, 0.25) is 0 Å². The maximum Gasteiger partial charge on any atom is 0.175 e. The zero-order valence-electron chi connectivity index (χ0n) is 14.8. The van der Waals surface area contributed by atoms with Crippen molar-refractivity contribution >= 4 is 15.9 Å². The topological polar surface area (TPSA) is 50.7 Å². The molecule has 2 aromatic rings. The largest absolute Gasteiger partial charge is 0.490 e. The van der Waals surface area contributed by atoms with E-state index in [9.17, 15) is 0 Å². The van der Waals surface area contributed by atoms with Gasteiger partial charge in [0, 0.05) is 13.2 Å². The summed E-state index contributed by atoms with van der Waals surface area (Å²) in [6.45, 7) is 6.81. The lowest BCUT2D eigenvalue weighted by molar-refractivity contribution is 0.267. The van der Waals surface area contributed by atoms with Gasteiger partial charge in [0.25, 0.3) is 0 Å². The minimum absolute atomic E-state index is 0.201. The lowest BCUT2D eigenvalue weighted by atomic mass is 10.1. The van der Waals surface area contributed by atoms with Gasteiger partial charge < -0.3 is 19.9 Å². The van der Waals surface area contributed by atoms with Gasteiger partial charge in [-0.2, -0.15) is 0 Å². The summed E-state index contributed by atoms with van der Waals surface area (Å²) in [5.74, 6) is 1.46. The van der Waals surface area contributed by atoms with Crippen LogP contribution in [0.4, 0.5) is 0 Å². The Kier molecular flexibility index (Phi) is 8.25. The molecule has 0 aromatic heterocycles. The number of rotatable bonds is 10. The number of benzene rings is 2. The van der Waals surface area contributed by atoms with Gasteiger partial charge in [0.1, 0.15) is 6.61 Å². The van der Waals surface area contributed by atoms with Crippen molar-refractivity contribution in [2.75, 3.05) is 19.8 Å². The average molecular weight is 408 g/mol. The van der Waals surface area contributed by atoms with E-state index in [1.165, 1.54) is 5.56 Å². The molecule has 2 aromatic carbocycles. The fourth-order valence-electron chi connectivity index (χ4n) is 2.52. The molecule has 2 N–H and O–H groups in total. The van der Waals surface area contributed by atoms with Crippen LogP contribution in [0.5, 0.6) is 11.5 Å². The molecule has 0 heterocycles. The molecular formula is C20H26BrNO3. The summed E-state index contributed by atoms with van der Waals surface area (Å²) in [7, 11) is 0. The molecule has 0 saturated heterocycles. The summed E-state index contributed by atoms with van der Waals surface area (Å²) in [6, 6.07) is 12.3. The minimum atomic E-state index is 0.201. The van der Waals surface area contributed by atoms with Gasteiger partial charge in [-0.15, -0.1) is 0 Å². The third-order valence-corrected chi connectivity index (χ3v) is 4.26. The quantitative estimate of drug-likeness (QED) is 0.579. The molecule has 0 amide bonds. The van der Waals surface area contributed by atoms with Crippen molar-refractivity contribution in [1.29, 1.82) is 0 Å². The lowest BCUT2D eigenvalue weighted by Crippen LogP contribution is -2.16. The van der Waals surface area contributed by atoms with E-state index in [1.54, 1.807) is 0 Å². The molecule has 0 radical (unpaired) electrons. The minimum Gasteiger partial charge on any atom is -0.490 e. The van der Waals surface area contributed by atoms with Gasteiger partial charge in [-0.25, -0.2) is 0 Å². The summed E-state index contributed by atoms with van der Waals surface area (Å²) < 4.78 is 12.7. The zero-order chi connectivity index (χ0) is 18.1. The molecule has 0 aliphatic carbocycles. The Labute approximate surface area is 158 Å². The van der Waals surface area contributed by atoms with Crippen LogP contribution < -0.4 is 14.8 Å². The van der Waals surface area contributed by atoms with Crippen LogP contribution in [0.1, 0.15) is 30.0 Å². The highest BCUT2D eigenvalue weighted by Gasteiger charge is 2.12. The molecular weight excluding hydrogens is 382 g/mol. The van der Waals surface area contributed by atoms with Crippen LogP contribution in [0.3, 0.4) is 0 Å². The molecule has 25 heavy (non-hydrogen) atoms. The lowest BCUT2D eigenvalue weighted by Gasteiger charge is -2.16. The number of aryl methyl sites for hydroxylation is 1. The van der Waals surface area contributed by atoms with Gasteiger partial charge >= 0.3 is 0 Å². The second-order valence-corrected chi connectivity index (χ2v) is 6.72. The molecule has 0 aliphatic rings. The van der Waals surface area contributed by atoms with E-state index in [-0.39, 0.29) is 6.61 Å². The van der Waals surface area contributed by atoms with Crippen LogP contribution in [-0.4, -0.2) is 24.9 Å². The summed E-state index contributed by atoms with van der Waals surface area (Å²) in [4.78, 5) is 0. The van der Waals surface area contributed by atoms with Crippen molar-refractivity contribution < 1.29 is 14.6 Å². The molecule has 5 heteroatoms. The summed E-state index contributed by atoms with van der Waals surface area (Å²) in [6.07, 6.45) is 0.747. The Morgan fingerprint density at radius 2 is 1.96 bits per heavy atom. The molecule has 0 spiro atoms. The Morgan fingerprint density at radius 3 is 2.68 bits per heavy atom. The number of halogens is 1. The Bertz CT molecular complexity index is 676. The van der Waals surface area contributed by atoms with E-state index < -0.39 is 0 Å². The number of hydrogen-bond donors (Lipinski definition) is 2. The van der Waals surface area contributed by atoms with Gasteiger partial charge in [-0.1, -0.05) is 29.8 Å². The highest BCUT2D eigenvalue weighted by atomic mass is 79.9. The summed E-state index contributed by atoms with van der Waals surface area (Å²) >= 11 is 3.61. The fraction of sp³-hybridized carbons (Fsp3) is 0.400. The van der Waals surface area contributed by atoms with E-state index in [4.69, 9.17) is 14.6 Å². The third-order valence-electron chi connectivity index (χ3n) is 3.68. The van der Waals surface area contributed by atoms with Crippen molar-refractivity contribution in [3.63, 3.8) is 0 Å². The van der Waals surface area contributed by atoms with Gasteiger partial charge in [-0.3, -0.25) is 0 Å². The van der Waals surface area contributed by atoms with Gasteiger partial charge in [0.2, 0.25) is 0 Å². The van der Waals surface area contributed by atoms with Crippen molar-refractivity contribution in [2.24, 2.45) is 0 Å². The van der Waals surface area contributed by atoms with Crippen molar-refractivity contribution in [3.05, 3.63) is 57.6 Å². The summed E-state index contributed by atoms with van der Waals surface area (Å²) in [5, 5.41) is 12.1. The van der Waals surface area contributed by atoms with Crippen LogP contribution in [0, 0.1) is 6.92 Å². The van der Waals surface area contributed by atoms with Crippen LogP contribution >= 0.6 is 15.9 Å². The third kappa shape index (κ3) is 6.34. The van der Waals surface area contributed by atoms with E-state index in [0.29, 0.717) is 13.2 Å². The molecule has 4 nitrogen and oxygen atoms in total. The summed E-state index contributed by atoms with van der Waals surface area (Å²) in [5.41, 5.74) is 3.45. The van der Waals surface area contributed by atoms with E-state index in [2.05, 4.69) is 46.4 Å². The van der Waals surface area contributed by atoms with Crippen molar-refractivity contribution in [1.82, 2.24) is 5.32 Å². The average Bonchev–Trinajstić information content (AvgIpc) is 2.58. The molecule has 0 atom stereocenters.